The zero-order valence-corrected chi connectivity index (χ0v) is 16.7. The molecule has 28 heavy (non-hydrogen) atoms. The minimum Gasteiger partial charge on any atom is -0.493 e. The Kier molecular flexibility index (Phi) is 5.08. The molecule has 0 spiro atoms. The van der Waals surface area contributed by atoms with Crippen LogP contribution in [0.4, 0.5) is 5.82 Å². The molecule has 0 amide bonds. The number of nitrogens with one attached hydrogen (secondary N) is 1. The molecule has 7 heteroatoms. The predicted molar refractivity (Wildman–Crippen MR) is 112 cm³/mol. The Hall–Kier alpha value is -3.19. The zero-order chi connectivity index (χ0) is 19.5. The Balaban J connectivity index is 1.68. The van der Waals surface area contributed by atoms with Crippen molar-refractivity contribution in [2.24, 2.45) is 0 Å². The van der Waals surface area contributed by atoms with Crippen LogP contribution in [0.25, 0.3) is 21.6 Å². The van der Waals surface area contributed by atoms with E-state index >= 15 is 0 Å². The van der Waals surface area contributed by atoms with E-state index in [1.807, 2.05) is 30.3 Å². The fourth-order valence-corrected chi connectivity index (χ4v) is 3.86. The first-order valence-corrected chi connectivity index (χ1v) is 9.63. The average molecular weight is 392 g/mol. The number of benzene rings is 1. The van der Waals surface area contributed by atoms with Crippen molar-refractivity contribution in [3.8, 4) is 22.9 Å². The second kappa shape index (κ2) is 7.82. The molecule has 4 rings (SSSR count). The third-order valence-corrected chi connectivity index (χ3v) is 5.29. The van der Waals surface area contributed by atoms with E-state index in [9.17, 15) is 0 Å². The van der Waals surface area contributed by atoms with Gasteiger partial charge in [-0.25, -0.2) is 9.97 Å². The molecule has 0 atom stereocenters. The number of pyridine rings is 1. The van der Waals surface area contributed by atoms with Crippen LogP contribution in [-0.2, 0) is 6.54 Å². The first-order valence-electron chi connectivity index (χ1n) is 8.81. The summed E-state index contributed by atoms with van der Waals surface area (Å²) in [5.74, 6) is 2.89. The largest absolute Gasteiger partial charge is 0.493 e. The summed E-state index contributed by atoms with van der Waals surface area (Å²) in [5.41, 5.74) is 1.96. The van der Waals surface area contributed by atoms with E-state index in [2.05, 4.69) is 23.3 Å². The lowest BCUT2D eigenvalue weighted by Crippen LogP contribution is -2.04. The second-order valence-electron chi connectivity index (χ2n) is 6.26. The van der Waals surface area contributed by atoms with Gasteiger partial charge in [-0.15, -0.1) is 11.3 Å². The molecule has 3 heterocycles. The highest BCUT2D eigenvalue weighted by Crippen LogP contribution is 2.32. The van der Waals surface area contributed by atoms with Gasteiger partial charge in [-0.05, 0) is 42.8 Å². The molecule has 0 unspecified atom stereocenters. The van der Waals surface area contributed by atoms with Crippen molar-refractivity contribution < 1.29 is 9.47 Å². The molecule has 0 fully saturated rings. The highest BCUT2D eigenvalue weighted by Gasteiger charge is 2.12. The van der Waals surface area contributed by atoms with Gasteiger partial charge in [-0.3, -0.25) is 4.98 Å². The molecule has 6 nitrogen and oxygen atoms in total. The highest BCUT2D eigenvalue weighted by atomic mass is 32.1. The summed E-state index contributed by atoms with van der Waals surface area (Å²) in [4.78, 5) is 15.8. The Bertz CT molecular complexity index is 1110. The lowest BCUT2D eigenvalue weighted by atomic mass is 10.2. The van der Waals surface area contributed by atoms with Gasteiger partial charge in [0, 0.05) is 29.4 Å². The van der Waals surface area contributed by atoms with Gasteiger partial charge in [-0.1, -0.05) is 6.07 Å². The molecular weight excluding hydrogens is 372 g/mol. The normalized spacial score (nSPS) is 10.8. The number of ether oxygens (including phenoxy) is 2. The fraction of sp³-hybridized carbons (Fsp3) is 0.190. The molecule has 3 aromatic heterocycles. The molecule has 0 saturated carbocycles. The number of anilines is 1. The number of nitrogens with zero attached hydrogens (tertiary/aromatic N) is 3. The Morgan fingerprint density at radius 1 is 1.04 bits per heavy atom. The second-order valence-corrected chi connectivity index (χ2v) is 7.49. The van der Waals surface area contributed by atoms with E-state index in [1.54, 1.807) is 38.0 Å². The van der Waals surface area contributed by atoms with Gasteiger partial charge in [0.2, 0.25) is 0 Å². The van der Waals surface area contributed by atoms with Crippen LogP contribution in [0.5, 0.6) is 11.5 Å². The van der Waals surface area contributed by atoms with Gasteiger partial charge in [0.15, 0.2) is 17.3 Å². The maximum absolute atomic E-state index is 5.40. The summed E-state index contributed by atoms with van der Waals surface area (Å²) < 4.78 is 10.7. The lowest BCUT2D eigenvalue weighted by Gasteiger charge is -2.12. The van der Waals surface area contributed by atoms with E-state index in [0.717, 1.165) is 27.2 Å². The summed E-state index contributed by atoms with van der Waals surface area (Å²) in [6.07, 6.45) is 3.52. The first-order chi connectivity index (χ1) is 13.7. The minimum absolute atomic E-state index is 0.605. The summed E-state index contributed by atoms with van der Waals surface area (Å²) in [7, 11) is 3.27. The van der Waals surface area contributed by atoms with Crippen molar-refractivity contribution in [2.75, 3.05) is 19.5 Å². The van der Waals surface area contributed by atoms with Crippen molar-refractivity contribution in [1.82, 2.24) is 15.0 Å². The predicted octanol–water partition coefficient (Wildman–Crippen LogP) is 4.69. The van der Waals surface area contributed by atoms with Crippen molar-refractivity contribution >= 4 is 27.4 Å². The third-order valence-electron chi connectivity index (χ3n) is 4.34. The molecule has 4 aromatic rings. The van der Waals surface area contributed by atoms with E-state index in [0.29, 0.717) is 23.9 Å². The number of rotatable bonds is 6. The van der Waals surface area contributed by atoms with Gasteiger partial charge < -0.3 is 14.8 Å². The highest BCUT2D eigenvalue weighted by molar-refractivity contribution is 7.18. The van der Waals surface area contributed by atoms with Crippen LogP contribution in [0.15, 0.2) is 48.8 Å². The van der Waals surface area contributed by atoms with Crippen molar-refractivity contribution in [1.29, 1.82) is 0 Å². The van der Waals surface area contributed by atoms with E-state index < -0.39 is 0 Å². The van der Waals surface area contributed by atoms with E-state index in [1.165, 1.54) is 4.88 Å². The van der Waals surface area contributed by atoms with Gasteiger partial charge in [0.25, 0.3) is 0 Å². The molecule has 0 saturated heterocycles. The van der Waals surface area contributed by atoms with Crippen LogP contribution in [-0.4, -0.2) is 29.2 Å². The summed E-state index contributed by atoms with van der Waals surface area (Å²) >= 11 is 1.66. The van der Waals surface area contributed by atoms with Gasteiger partial charge >= 0.3 is 0 Å². The number of fused-ring (bicyclic) bond motifs is 1. The van der Waals surface area contributed by atoms with Crippen molar-refractivity contribution in [2.45, 2.75) is 13.5 Å². The maximum atomic E-state index is 5.40. The average Bonchev–Trinajstić information content (AvgIpc) is 3.12. The smallest absolute Gasteiger partial charge is 0.164 e. The summed E-state index contributed by atoms with van der Waals surface area (Å²) in [6, 6.07) is 11.8. The summed E-state index contributed by atoms with van der Waals surface area (Å²) in [5, 5.41) is 4.48. The number of hydrogen-bond donors (Lipinski definition) is 1. The number of aromatic nitrogens is 3. The van der Waals surface area contributed by atoms with Crippen LogP contribution in [0.2, 0.25) is 0 Å². The van der Waals surface area contributed by atoms with Crippen LogP contribution in [0.3, 0.4) is 0 Å². The number of aryl methyl sites for hydroxylation is 1. The third kappa shape index (κ3) is 3.61. The van der Waals surface area contributed by atoms with Gasteiger partial charge in [-0.2, -0.15) is 0 Å². The van der Waals surface area contributed by atoms with Crippen molar-refractivity contribution in [3.05, 3.63) is 59.2 Å². The molecule has 0 aliphatic rings. The standard InChI is InChI=1S/C21H20N4O2S/c1-13-9-16-20(23-11-14-6-7-17(26-2)18(10-14)27-3)24-19(25-21(16)28-13)15-5-4-8-22-12-15/h4-10,12H,11H2,1-3H3,(H,23,24,25). The van der Waals surface area contributed by atoms with Crippen LogP contribution >= 0.6 is 11.3 Å². The quantitative estimate of drug-likeness (QED) is 0.513. The summed E-state index contributed by atoms with van der Waals surface area (Å²) in [6.45, 7) is 2.68. The molecule has 1 aromatic carbocycles. The van der Waals surface area contributed by atoms with Crippen LogP contribution in [0, 0.1) is 6.92 Å². The Labute approximate surface area is 167 Å². The number of methoxy groups -OCH3 is 2. The van der Waals surface area contributed by atoms with Gasteiger partial charge in [0.1, 0.15) is 10.6 Å². The fourth-order valence-electron chi connectivity index (χ4n) is 2.98. The van der Waals surface area contributed by atoms with Crippen LogP contribution < -0.4 is 14.8 Å². The molecule has 0 radical (unpaired) electrons. The first kappa shape index (κ1) is 18.2. The Morgan fingerprint density at radius 3 is 2.64 bits per heavy atom. The molecule has 0 aliphatic carbocycles. The van der Waals surface area contributed by atoms with Gasteiger partial charge in [0.05, 0.1) is 19.6 Å². The lowest BCUT2D eigenvalue weighted by molar-refractivity contribution is 0.354. The number of thiophene rings is 1. The molecule has 1 N–H and O–H groups in total. The topological polar surface area (TPSA) is 69.2 Å². The Morgan fingerprint density at radius 2 is 1.89 bits per heavy atom. The molecule has 0 bridgehead atoms. The maximum Gasteiger partial charge on any atom is 0.164 e. The molecular formula is C21H20N4O2S. The van der Waals surface area contributed by atoms with E-state index in [4.69, 9.17) is 19.4 Å². The molecule has 142 valence electrons. The monoisotopic (exact) mass is 392 g/mol. The van der Waals surface area contributed by atoms with Crippen LogP contribution in [0.1, 0.15) is 10.4 Å². The SMILES string of the molecule is COc1ccc(CNc2nc(-c3cccnc3)nc3sc(C)cc23)cc1OC. The molecule has 0 aliphatic heterocycles. The zero-order valence-electron chi connectivity index (χ0n) is 15.9. The van der Waals surface area contributed by atoms with E-state index in [-0.39, 0.29) is 0 Å². The number of hydrogen-bond acceptors (Lipinski definition) is 7. The minimum atomic E-state index is 0.605. The van der Waals surface area contributed by atoms with Crippen molar-refractivity contribution in [3.63, 3.8) is 0 Å².